The molecule has 0 aliphatic carbocycles. The van der Waals surface area contributed by atoms with Crippen LogP contribution in [0.15, 0.2) is 18.2 Å². The number of aryl methyl sites for hydroxylation is 2. The molecule has 0 saturated carbocycles. The van der Waals surface area contributed by atoms with Gasteiger partial charge in [-0.3, -0.25) is 0 Å². The molecule has 0 N–H and O–H groups in total. The molecule has 0 aliphatic rings. The molecule has 0 aliphatic heterocycles. The summed E-state index contributed by atoms with van der Waals surface area (Å²) >= 11 is 0. The van der Waals surface area contributed by atoms with Gasteiger partial charge in [0.2, 0.25) is 0 Å². The quantitative estimate of drug-likeness (QED) is 0.571. The summed E-state index contributed by atoms with van der Waals surface area (Å²) < 4.78 is 0. The van der Waals surface area contributed by atoms with Crippen molar-refractivity contribution in [2.45, 2.75) is 33.1 Å². The van der Waals surface area contributed by atoms with Gasteiger partial charge in [0, 0.05) is 0 Å². The third-order valence-electron chi connectivity index (χ3n) is 2.43. The van der Waals surface area contributed by atoms with Crippen LogP contribution in [-0.4, -0.2) is 0 Å². The van der Waals surface area contributed by atoms with Crippen molar-refractivity contribution in [3.8, 4) is 12.3 Å². The van der Waals surface area contributed by atoms with Crippen molar-refractivity contribution in [2.24, 2.45) is 0 Å². The summed E-state index contributed by atoms with van der Waals surface area (Å²) in [6, 6.07) is 6.42. The lowest BCUT2D eigenvalue weighted by Gasteiger charge is -2.21. The Balaban J connectivity index is 3.30. The molecule has 0 fully saturated rings. The number of benzene rings is 1. The minimum Gasteiger partial charge on any atom is -0.119 e. The van der Waals surface area contributed by atoms with Crippen LogP contribution in [0.1, 0.15) is 30.5 Å². The first kappa shape index (κ1) is 9.86. The van der Waals surface area contributed by atoms with E-state index in [1.165, 1.54) is 16.7 Å². The molecule has 0 unspecified atom stereocenters. The summed E-state index contributed by atoms with van der Waals surface area (Å²) in [5.74, 6) is 2.83. The summed E-state index contributed by atoms with van der Waals surface area (Å²) in [6.07, 6.45) is 5.51. The van der Waals surface area contributed by atoms with E-state index in [4.69, 9.17) is 6.42 Å². The molecule has 0 heteroatoms. The van der Waals surface area contributed by atoms with E-state index >= 15 is 0 Å². The molecule has 0 aromatic heterocycles. The topological polar surface area (TPSA) is 0 Å². The third-order valence-corrected chi connectivity index (χ3v) is 2.43. The highest BCUT2D eigenvalue weighted by Crippen LogP contribution is 2.26. The molecule has 0 atom stereocenters. The second-order valence-electron chi connectivity index (χ2n) is 4.09. The summed E-state index contributed by atoms with van der Waals surface area (Å²) in [5.41, 5.74) is 3.64. The molecule has 0 amide bonds. The van der Waals surface area contributed by atoms with Gasteiger partial charge in [0.15, 0.2) is 0 Å². The summed E-state index contributed by atoms with van der Waals surface area (Å²) in [6.45, 7) is 8.35. The Hall–Kier alpha value is -1.22. The summed E-state index contributed by atoms with van der Waals surface area (Å²) in [5, 5.41) is 0. The highest BCUT2D eigenvalue weighted by molar-refractivity contribution is 5.40. The fraction of sp³-hybridized carbons (Fsp3) is 0.385. The number of hydrogen-bond donors (Lipinski definition) is 0. The summed E-state index contributed by atoms with van der Waals surface area (Å²) in [7, 11) is 0. The standard InChI is InChI=1S/C13H16/c1-6-13(4,5)12-9-10(2)7-8-11(12)3/h1,7-9H,2-5H3. The van der Waals surface area contributed by atoms with Crippen LogP contribution >= 0.6 is 0 Å². The summed E-state index contributed by atoms with van der Waals surface area (Å²) in [4.78, 5) is 0. The van der Waals surface area contributed by atoms with E-state index in [9.17, 15) is 0 Å². The van der Waals surface area contributed by atoms with Gasteiger partial charge in [-0.25, -0.2) is 0 Å². The Labute approximate surface area is 81.0 Å². The SMILES string of the molecule is C#CC(C)(C)c1cc(C)ccc1C. The van der Waals surface area contributed by atoms with Crippen LogP contribution in [-0.2, 0) is 5.41 Å². The molecule has 0 spiro atoms. The predicted octanol–water partition coefficient (Wildman–Crippen LogP) is 3.21. The zero-order valence-electron chi connectivity index (χ0n) is 8.81. The van der Waals surface area contributed by atoms with Crippen molar-refractivity contribution in [2.75, 3.05) is 0 Å². The highest BCUT2D eigenvalue weighted by Gasteiger charge is 2.18. The van der Waals surface area contributed by atoms with Crippen LogP contribution in [0, 0.1) is 26.2 Å². The van der Waals surface area contributed by atoms with Crippen molar-refractivity contribution in [1.29, 1.82) is 0 Å². The molecule has 1 aromatic carbocycles. The van der Waals surface area contributed by atoms with E-state index in [2.05, 4.69) is 51.8 Å². The lowest BCUT2D eigenvalue weighted by molar-refractivity contribution is 0.692. The maximum absolute atomic E-state index is 5.51. The maximum Gasteiger partial charge on any atom is 0.0506 e. The third kappa shape index (κ3) is 1.92. The van der Waals surface area contributed by atoms with Crippen LogP contribution < -0.4 is 0 Å². The van der Waals surface area contributed by atoms with Gasteiger partial charge in [-0.2, -0.15) is 0 Å². The molecule has 0 heterocycles. The number of rotatable bonds is 1. The first-order valence-electron chi connectivity index (χ1n) is 4.53. The van der Waals surface area contributed by atoms with Gasteiger partial charge in [0.25, 0.3) is 0 Å². The van der Waals surface area contributed by atoms with Gasteiger partial charge in [0.05, 0.1) is 5.41 Å². The minimum absolute atomic E-state index is 0.157. The fourth-order valence-corrected chi connectivity index (χ4v) is 1.49. The molecular weight excluding hydrogens is 156 g/mol. The van der Waals surface area contributed by atoms with Crippen molar-refractivity contribution >= 4 is 0 Å². The van der Waals surface area contributed by atoms with Gasteiger partial charge in [-0.1, -0.05) is 29.7 Å². The second kappa shape index (κ2) is 3.26. The van der Waals surface area contributed by atoms with Crippen molar-refractivity contribution < 1.29 is 0 Å². The lowest BCUT2D eigenvalue weighted by Crippen LogP contribution is -2.15. The zero-order chi connectivity index (χ0) is 10.1. The van der Waals surface area contributed by atoms with Crippen LogP contribution in [0.4, 0.5) is 0 Å². The van der Waals surface area contributed by atoms with Crippen LogP contribution in [0.5, 0.6) is 0 Å². The Morgan fingerprint density at radius 2 is 1.85 bits per heavy atom. The molecule has 0 saturated heterocycles. The van der Waals surface area contributed by atoms with Crippen molar-refractivity contribution in [1.82, 2.24) is 0 Å². The van der Waals surface area contributed by atoms with Crippen LogP contribution in [0.3, 0.4) is 0 Å². The monoisotopic (exact) mass is 172 g/mol. The number of terminal acetylenes is 1. The molecule has 13 heavy (non-hydrogen) atoms. The average molecular weight is 172 g/mol. The number of hydrogen-bond acceptors (Lipinski definition) is 0. The molecule has 68 valence electrons. The average Bonchev–Trinajstić information content (AvgIpc) is 2.09. The van der Waals surface area contributed by atoms with Gasteiger partial charge < -0.3 is 0 Å². The van der Waals surface area contributed by atoms with Crippen molar-refractivity contribution in [3.63, 3.8) is 0 Å². The molecular formula is C13H16. The zero-order valence-corrected chi connectivity index (χ0v) is 8.81. The Kier molecular flexibility index (Phi) is 2.48. The Morgan fingerprint density at radius 3 is 2.38 bits per heavy atom. The van der Waals surface area contributed by atoms with Crippen LogP contribution in [0.2, 0.25) is 0 Å². The van der Waals surface area contributed by atoms with E-state index in [1.54, 1.807) is 0 Å². The molecule has 0 nitrogen and oxygen atoms in total. The van der Waals surface area contributed by atoms with Gasteiger partial charge in [0.1, 0.15) is 0 Å². The predicted molar refractivity (Wildman–Crippen MR) is 57.8 cm³/mol. The van der Waals surface area contributed by atoms with E-state index in [-0.39, 0.29) is 5.41 Å². The molecule has 1 aromatic rings. The maximum atomic E-state index is 5.51. The van der Waals surface area contributed by atoms with Gasteiger partial charge >= 0.3 is 0 Å². The Bertz CT molecular complexity index is 351. The van der Waals surface area contributed by atoms with E-state index in [0.717, 1.165) is 0 Å². The van der Waals surface area contributed by atoms with Crippen molar-refractivity contribution in [3.05, 3.63) is 34.9 Å². The lowest BCUT2D eigenvalue weighted by atomic mass is 9.82. The highest BCUT2D eigenvalue weighted by atomic mass is 14.2. The molecule has 0 radical (unpaired) electrons. The fourth-order valence-electron chi connectivity index (χ4n) is 1.49. The van der Waals surface area contributed by atoms with E-state index < -0.39 is 0 Å². The normalized spacial score (nSPS) is 11.0. The van der Waals surface area contributed by atoms with E-state index in [1.807, 2.05) is 0 Å². The van der Waals surface area contributed by atoms with Crippen LogP contribution in [0.25, 0.3) is 0 Å². The first-order chi connectivity index (χ1) is 5.97. The van der Waals surface area contributed by atoms with Gasteiger partial charge in [-0.05, 0) is 38.8 Å². The molecule has 0 bridgehead atoms. The Morgan fingerprint density at radius 1 is 1.23 bits per heavy atom. The van der Waals surface area contributed by atoms with E-state index in [0.29, 0.717) is 0 Å². The first-order valence-corrected chi connectivity index (χ1v) is 4.53. The second-order valence-corrected chi connectivity index (χ2v) is 4.09. The largest absolute Gasteiger partial charge is 0.119 e. The molecule has 1 rings (SSSR count). The minimum atomic E-state index is -0.157. The van der Waals surface area contributed by atoms with Gasteiger partial charge in [-0.15, -0.1) is 6.42 Å². The smallest absolute Gasteiger partial charge is 0.0506 e.